The fourth-order valence-electron chi connectivity index (χ4n) is 1.67. The number of H-pyrrole nitrogens is 1. The summed E-state index contributed by atoms with van der Waals surface area (Å²) in [5.41, 5.74) is 1.30. The molecule has 0 saturated carbocycles. The highest BCUT2D eigenvalue weighted by molar-refractivity contribution is 7.89. The lowest BCUT2D eigenvalue weighted by atomic mass is 10.3. The van der Waals surface area contributed by atoms with Crippen LogP contribution in [0.4, 0.5) is 0 Å². The Morgan fingerprint density at radius 1 is 1.30 bits per heavy atom. The summed E-state index contributed by atoms with van der Waals surface area (Å²) in [6.45, 7) is 3.75. The highest BCUT2D eigenvalue weighted by Gasteiger charge is 2.23. The van der Waals surface area contributed by atoms with Crippen molar-refractivity contribution in [1.82, 2.24) is 30.4 Å². The third-order valence-corrected chi connectivity index (χ3v) is 4.00. The number of aryl methyl sites for hydroxylation is 2. The predicted octanol–water partition coefficient (Wildman–Crippen LogP) is -0.393. The van der Waals surface area contributed by atoms with Gasteiger partial charge >= 0.3 is 0 Å². The largest absolute Gasteiger partial charge is 0.338 e. The molecule has 9 nitrogen and oxygen atoms in total. The van der Waals surface area contributed by atoms with Crippen molar-refractivity contribution in [3.05, 3.63) is 23.0 Å². The van der Waals surface area contributed by atoms with E-state index in [2.05, 4.69) is 30.4 Å². The molecule has 0 aliphatic heterocycles. The van der Waals surface area contributed by atoms with Gasteiger partial charge in [-0.1, -0.05) is 5.16 Å². The van der Waals surface area contributed by atoms with E-state index in [1.165, 1.54) is 0 Å². The molecule has 0 aromatic carbocycles. The predicted molar refractivity (Wildman–Crippen MR) is 69.1 cm³/mol. The van der Waals surface area contributed by atoms with Crippen molar-refractivity contribution in [3.63, 3.8) is 0 Å². The van der Waals surface area contributed by atoms with Crippen molar-refractivity contribution in [1.29, 1.82) is 0 Å². The Morgan fingerprint density at radius 2 is 2.05 bits per heavy atom. The van der Waals surface area contributed by atoms with Crippen LogP contribution in [0.1, 0.15) is 23.0 Å². The Kier molecular flexibility index (Phi) is 4.16. The molecule has 0 radical (unpaired) electrons. The van der Waals surface area contributed by atoms with Gasteiger partial charge in [-0.15, -0.1) is 0 Å². The molecule has 0 saturated heterocycles. The SMILES string of the molecule is CNCc1c(S(=O)(=O)NCc2nc(C)no2)n[nH]c1C. The van der Waals surface area contributed by atoms with Gasteiger partial charge in [0.25, 0.3) is 10.0 Å². The van der Waals surface area contributed by atoms with E-state index < -0.39 is 10.0 Å². The summed E-state index contributed by atoms with van der Waals surface area (Å²) in [6, 6.07) is 0. The van der Waals surface area contributed by atoms with E-state index in [0.717, 1.165) is 0 Å². The van der Waals surface area contributed by atoms with Crippen LogP contribution in [0.5, 0.6) is 0 Å². The van der Waals surface area contributed by atoms with E-state index >= 15 is 0 Å². The molecule has 0 fully saturated rings. The Balaban J connectivity index is 2.18. The van der Waals surface area contributed by atoms with Crippen LogP contribution in [-0.4, -0.2) is 35.8 Å². The maximum atomic E-state index is 12.2. The second-order valence-electron chi connectivity index (χ2n) is 4.22. The number of aromatic amines is 1. The first-order chi connectivity index (χ1) is 9.44. The van der Waals surface area contributed by atoms with Crippen LogP contribution in [0.3, 0.4) is 0 Å². The van der Waals surface area contributed by atoms with Gasteiger partial charge in [-0.25, -0.2) is 13.1 Å². The van der Waals surface area contributed by atoms with Crippen molar-refractivity contribution >= 4 is 10.0 Å². The minimum Gasteiger partial charge on any atom is -0.338 e. The van der Waals surface area contributed by atoms with Crippen LogP contribution < -0.4 is 10.0 Å². The van der Waals surface area contributed by atoms with Crippen LogP contribution in [-0.2, 0) is 23.1 Å². The Morgan fingerprint density at radius 3 is 2.65 bits per heavy atom. The molecule has 110 valence electrons. The number of aromatic nitrogens is 4. The molecule has 3 N–H and O–H groups in total. The molecular weight excluding hydrogens is 284 g/mol. The minimum atomic E-state index is -3.74. The van der Waals surface area contributed by atoms with E-state index in [4.69, 9.17) is 4.52 Å². The smallest absolute Gasteiger partial charge is 0.260 e. The minimum absolute atomic E-state index is 0.0272. The maximum absolute atomic E-state index is 12.2. The molecule has 0 spiro atoms. The molecule has 0 atom stereocenters. The summed E-state index contributed by atoms with van der Waals surface area (Å²) in [5, 5.41) is 13.0. The first kappa shape index (κ1) is 14.6. The first-order valence-electron chi connectivity index (χ1n) is 5.91. The number of sulfonamides is 1. The van der Waals surface area contributed by atoms with Crippen LogP contribution in [0.15, 0.2) is 9.55 Å². The number of rotatable bonds is 6. The Hall–Kier alpha value is -1.78. The summed E-state index contributed by atoms with van der Waals surface area (Å²) in [4.78, 5) is 3.93. The number of nitrogens with zero attached hydrogens (tertiary/aromatic N) is 3. The molecular formula is C10H16N6O3S. The molecule has 2 heterocycles. The van der Waals surface area contributed by atoms with Crippen LogP contribution in [0.2, 0.25) is 0 Å². The Bertz CT molecular complexity index is 690. The molecule has 0 bridgehead atoms. The molecule has 2 rings (SSSR count). The van der Waals surface area contributed by atoms with E-state index in [1.807, 2.05) is 0 Å². The zero-order valence-electron chi connectivity index (χ0n) is 11.4. The Labute approximate surface area is 116 Å². The van der Waals surface area contributed by atoms with Crippen LogP contribution in [0, 0.1) is 13.8 Å². The zero-order chi connectivity index (χ0) is 14.8. The third kappa shape index (κ3) is 3.03. The van der Waals surface area contributed by atoms with Crippen molar-refractivity contribution in [2.45, 2.75) is 32.0 Å². The van der Waals surface area contributed by atoms with Crippen LogP contribution >= 0.6 is 0 Å². The lowest BCUT2D eigenvalue weighted by Crippen LogP contribution is -2.25. The van der Waals surface area contributed by atoms with E-state index in [0.29, 0.717) is 23.6 Å². The van der Waals surface area contributed by atoms with E-state index in [-0.39, 0.29) is 17.5 Å². The molecule has 10 heteroatoms. The fourth-order valence-corrected chi connectivity index (χ4v) is 2.84. The van der Waals surface area contributed by atoms with Gasteiger partial charge in [0, 0.05) is 17.8 Å². The normalized spacial score (nSPS) is 11.9. The highest BCUT2D eigenvalue weighted by Crippen LogP contribution is 2.16. The molecule has 2 aromatic heterocycles. The molecule has 20 heavy (non-hydrogen) atoms. The topological polar surface area (TPSA) is 126 Å². The van der Waals surface area contributed by atoms with Gasteiger partial charge in [-0.2, -0.15) is 10.1 Å². The molecule has 0 unspecified atom stereocenters. The number of hydrogen-bond acceptors (Lipinski definition) is 7. The lowest BCUT2D eigenvalue weighted by Gasteiger charge is -2.05. The van der Waals surface area contributed by atoms with Crippen molar-refractivity contribution < 1.29 is 12.9 Å². The first-order valence-corrected chi connectivity index (χ1v) is 7.39. The number of hydrogen-bond donors (Lipinski definition) is 3. The van der Waals surface area contributed by atoms with Gasteiger partial charge in [-0.3, -0.25) is 5.10 Å². The van der Waals surface area contributed by atoms with E-state index in [9.17, 15) is 8.42 Å². The summed E-state index contributed by atoms with van der Waals surface area (Å²) in [7, 11) is -2.01. The maximum Gasteiger partial charge on any atom is 0.260 e. The lowest BCUT2D eigenvalue weighted by molar-refractivity contribution is 0.372. The standard InChI is InChI=1S/C10H16N6O3S/c1-6-8(4-11-3)10(15-14-6)20(17,18)12-5-9-13-7(2)16-19-9/h11-12H,4-5H2,1-3H3,(H,14,15). The second-order valence-corrected chi connectivity index (χ2v) is 5.90. The fraction of sp³-hybridized carbons (Fsp3) is 0.500. The van der Waals surface area contributed by atoms with E-state index in [1.54, 1.807) is 20.9 Å². The third-order valence-electron chi connectivity index (χ3n) is 2.63. The summed E-state index contributed by atoms with van der Waals surface area (Å²) >= 11 is 0. The van der Waals surface area contributed by atoms with Crippen molar-refractivity contribution in [2.24, 2.45) is 0 Å². The average Bonchev–Trinajstić information content (AvgIpc) is 2.96. The summed E-state index contributed by atoms with van der Waals surface area (Å²) in [5.74, 6) is 0.652. The molecule has 0 aliphatic carbocycles. The van der Waals surface area contributed by atoms with Gasteiger partial charge in [0.15, 0.2) is 10.9 Å². The van der Waals surface area contributed by atoms with Crippen molar-refractivity contribution in [3.8, 4) is 0 Å². The molecule has 0 amide bonds. The summed E-state index contributed by atoms with van der Waals surface area (Å²) < 4.78 is 31.7. The average molecular weight is 300 g/mol. The van der Waals surface area contributed by atoms with Gasteiger partial charge in [0.2, 0.25) is 5.89 Å². The van der Waals surface area contributed by atoms with Crippen LogP contribution in [0.25, 0.3) is 0 Å². The van der Waals surface area contributed by atoms with Gasteiger partial charge in [0.05, 0.1) is 6.54 Å². The highest BCUT2D eigenvalue weighted by atomic mass is 32.2. The quantitative estimate of drug-likeness (QED) is 0.663. The summed E-state index contributed by atoms with van der Waals surface area (Å²) in [6.07, 6.45) is 0. The second kappa shape index (κ2) is 5.69. The molecule has 2 aromatic rings. The monoisotopic (exact) mass is 300 g/mol. The van der Waals surface area contributed by atoms with Gasteiger partial charge in [0.1, 0.15) is 0 Å². The molecule has 0 aliphatic rings. The zero-order valence-corrected chi connectivity index (χ0v) is 12.2. The number of nitrogens with one attached hydrogen (secondary N) is 3. The van der Waals surface area contributed by atoms with Gasteiger partial charge in [-0.05, 0) is 20.9 Å². The van der Waals surface area contributed by atoms with Gasteiger partial charge < -0.3 is 9.84 Å². The van der Waals surface area contributed by atoms with Crippen molar-refractivity contribution in [2.75, 3.05) is 7.05 Å².